The van der Waals surface area contributed by atoms with E-state index in [9.17, 15) is 18.0 Å². The van der Waals surface area contributed by atoms with Crippen LogP contribution >= 0.6 is 0 Å². The first-order chi connectivity index (χ1) is 3.85. The Morgan fingerprint density at radius 3 is 1.89 bits per heavy atom. The summed E-state index contributed by atoms with van der Waals surface area (Å²) in [6, 6.07) is 0. The van der Waals surface area contributed by atoms with Crippen molar-refractivity contribution in [3.63, 3.8) is 0 Å². The minimum absolute atomic E-state index is 1.79. The largest absolute Gasteiger partial charge is 0.423 e. The number of hydrogen-bond donors (Lipinski definition) is 2. The highest BCUT2D eigenvalue weighted by Gasteiger charge is 2.42. The van der Waals surface area contributed by atoms with Crippen LogP contribution in [0.25, 0.3) is 0 Å². The van der Waals surface area contributed by atoms with E-state index in [1.165, 1.54) is 0 Å². The second-order valence-electron chi connectivity index (χ2n) is 1.35. The number of amides is 1. The number of halogens is 3. The highest BCUT2D eigenvalue weighted by atomic mass is 19.4. The number of hydrogen-bond acceptors (Lipinski definition) is 2. The molecule has 0 aliphatic rings. The second kappa shape index (κ2) is 2.22. The number of alkyl halides is 3. The van der Waals surface area contributed by atoms with Gasteiger partial charge in [0.05, 0.1) is 0 Å². The maximum Gasteiger partial charge on any atom is 0.423 e. The maximum atomic E-state index is 11.1. The standard InChI is InChI=1S/C3H4F3NO2/c4-3(5,6)1(8)2(7)9/h1,8H,(H2,7,9). The molecule has 6 heteroatoms. The molecular weight excluding hydrogens is 139 g/mol. The van der Waals surface area contributed by atoms with Gasteiger partial charge in [0.2, 0.25) is 6.10 Å². The summed E-state index contributed by atoms with van der Waals surface area (Å²) in [6.07, 6.45) is -7.98. The van der Waals surface area contributed by atoms with Gasteiger partial charge in [0, 0.05) is 0 Å². The SMILES string of the molecule is NC(=O)C(O)C(F)(F)F. The van der Waals surface area contributed by atoms with Crippen molar-refractivity contribution < 1.29 is 23.1 Å². The predicted molar refractivity (Wildman–Crippen MR) is 21.3 cm³/mol. The molecule has 0 bridgehead atoms. The fourth-order valence-corrected chi connectivity index (χ4v) is 0.161. The van der Waals surface area contributed by atoms with Crippen LogP contribution in [-0.4, -0.2) is 23.3 Å². The lowest BCUT2D eigenvalue weighted by molar-refractivity contribution is -0.203. The summed E-state index contributed by atoms with van der Waals surface area (Å²) in [4.78, 5) is 9.60. The number of carbonyl (C=O) groups excluding carboxylic acids is 1. The Morgan fingerprint density at radius 1 is 1.56 bits per heavy atom. The van der Waals surface area contributed by atoms with E-state index in [-0.39, 0.29) is 0 Å². The van der Waals surface area contributed by atoms with Gasteiger partial charge in [0.15, 0.2) is 0 Å². The summed E-state index contributed by atoms with van der Waals surface area (Å²) >= 11 is 0. The fourth-order valence-electron chi connectivity index (χ4n) is 0.161. The smallest absolute Gasteiger partial charge is 0.376 e. The van der Waals surface area contributed by atoms with E-state index in [2.05, 4.69) is 5.73 Å². The molecule has 0 heterocycles. The average Bonchev–Trinajstić information content (AvgIpc) is 1.62. The lowest BCUT2D eigenvalue weighted by Crippen LogP contribution is -2.40. The number of rotatable bonds is 1. The molecule has 3 nitrogen and oxygen atoms in total. The van der Waals surface area contributed by atoms with Crippen molar-refractivity contribution in [1.29, 1.82) is 0 Å². The van der Waals surface area contributed by atoms with Gasteiger partial charge >= 0.3 is 6.18 Å². The van der Waals surface area contributed by atoms with E-state index in [1.807, 2.05) is 0 Å². The quantitative estimate of drug-likeness (QED) is 0.514. The third-order valence-corrected chi connectivity index (χ3v) is 0.580. The van der Waals surface area contributed by atoms with Gasteiger partial charge in [-0.2, -0.15) is 13.2 Å². The van der Waals surface area contributed by atoms with Crippen LogP contribution in [0.1, 0.15) is 0 Å². The van der Waals surface area contributed by atoms with Crippen LogP contribution in [0.4, 0.5) is 13.2 Å². The van der Waals surface area contributed by atoms with Crippen LogP contribution < -0.4 is 5.73 Å². The van der Waals surface area contributed by atoms with Crippen molar-refractivity contribution in [2.45, 2.75) is 12.3 Å². The number of nitrogens with two attached hydrogens (primary N) is 1. The van der Waals surface area contributed by atoms with Crippen LogP contribution in [0.3, 0.4) is 0 Å². The molecule has 0 rings (SSSR count). The lowest BCUT2D eigenvalue weighted by Gasteiger charge is -2.09. The zero-order valence-corrected chi connectivity index (χ0v) is 4.14. The van der Waals surface area contributed by atoms with Crippen molar-refractivity contribution in [2.75, 3.05) is 0 Å². The van der Waals surface area contributed by atoms with E-state index in [0.29, 0.717) is 0 Å². The zero-order chi connectivity index (χ0) is 7.65. The molecule has 0 radical (unpaired) electrons. The third-order valence-electron chi connectivity index (χ3n) is 0.580. The van der Waals surface area contributed by atoms with E-state index < -0.39 is 18.2 Å². The molecule has 0 aliphatic carbocycles. The second-order valence-corrected chi connectivity index (χ2v) is 1.35. The van der Waals surface area contributed by atoms with Crippen LogP contribution in [0, 0.1) is 0 Å². The van der Waals surface area contributed by atoms with Crippen molar-refractivity contribution in [3.05, 3.63) is 0 Å². The average molecular weight is 143 g/mol. The van der Waals surface area contributed by atoms with Crippen molar-refractivity contribution in [2.24, 2.45) is 5.73 Å². The summed E-state index contributed by atoms with van der Waals surface area (Å²) in [5, 5.41) is 7.86. The van der Waals surface area contributed by atoms with Crippen LogP contribution in [0.15, 0.2) is 0 Å². The van der Waals surface area contributed by atoms with E-state index in [1.54, 1.807) is 0 Å². The predicted octanol–water partition coefficient (Wildman–Crippen LogP) is -0.605. The van der Waals surface area contributed by atoms with Gasteiger partial charge in [0.1, 0.15) is 0 Å². The molecule has 0 saturated carbocycles. The van der Waals surface area contributed by atoms with Gasteiger partial charge < -0.3 is 10.8 Å². The van der Waals surface area contributed by atoms with Gasteiger partial charge in [-0.1, -0.05) is 0 Å². The molecule has 0 aromatic rings. The maximum absolute atomic E-state index is 11.1. The minimum atomic E-state index is -4.94. The van der Waals surface area contributed by atoms with Crippen molar-refractivity contribution >= 4 is 5.91 Å². The highest BCUT2D eigenvalue weighted by molar-refractivity contribution is 5.79. The Labute approximate surface area is 48.3 Å². The van der Waals surface area contributed by atoms with E-state index in [4.69, 9.17) is 5.11 Å². The summed E-state index contributed by atoms with van der Waals surface area (Å²) in [6.45, 7) is 0. The van der Waals surface area contributed by atoms with E-state index in [0.717, 1.165) is 0 Å². The number of primary amides is 1. The fraction of sp³-hybridized carbons (Fsp3) is 0.667. The Hall–Kier alpha value is -0.780. The molecule has 1 atom stereocenters. The Kier molecular flexibility index (Phi) is 2.03. The lowest BCUT2D eigenvalue weighted by atomic mass is 10.3. The molecule has 0 aliphatic heterocycles. The molecular formula is C3H4F3NO2. The first-order valence-electron chi connectivity index (χ1n) is 1.90. The first kappa shape index (κ1) is 8.22. The molecule has 0 aromatic heterocycles. The van der Waals surface area contributed by atoms with E-state index >= 15 is 0 Å². The van der Waals surface area contributed by atoms with Crippen LogP contribution in [0.5, 0.6) is 0 Å². The molecule has 3 N–H and O–H groups in total. The summed E-state index contributed by atoms with van der Waals surface area (Å²) in [5.41, 5.74) is 4.11. The van der Waals surface area contributed by atoms with Gasteiger partial charge in [-0.25, -0.2) is 0 Å². The molecule has 1 unspecified atom stereocenters. The first-order valence-corrected chi connectivity index (χ1v) is 1.90. The zero-order valence-electron chi connectivity index (χ0n) is 4.14. The van der Waals surface area contributed by atoms with Crippen LogP contribution in [-0.2, 0) is 4.79 Å². The number of aliphatic hydroxyl groups is 1. The third kappa shape index (κ3) is 2.31. The topological polar surface area (TPSA) is 63.3 Å². The number of carbonyl (C=O) groups is 1. The normalized spacial score (nSPS) is 15.1. The minimum Gasteiger partial charge on any atom is -0.376 e. The van der Waals surface area contributed by atoms with Gasteiger partial charge in [-0.05, 0) is 0 Å². The highest BCUT2D eigenvalue weighted by Crippen LogP contribution is 2.18. The van der Waals surface area contributed by atoms with Crippen LogP contribution in [0.2, 0.25) is 0 Å². The van der Waals surface area contributed by atoms with Gasteiger partial charge in [0.25, 0.3) is 5.91 Å². The summed E-state index contributed by atoms with van der Waals surface area (Å²) < 4.78 is 33.4. The Morgan fingerprint density at radius 2 is 1.89 bits per heavy atom. The molecule has 0 aromatic carbocycles. The monoisotopic (exact) mass is 143 g/mol. The molecule has 9 heavy (non-hydrogen) atoms. The summed E-state index contributed by atoms with van der Waals surface area (Å²) in [5.74, 6) is -1.79. The van der Waals surface area contributed by atoms with Gasteiger partial charge in [-0.3, -0.25) is 4.79 Å². The molecule has 0 fully saturated rings. The molecule has 1 amide bonds. The Balaban J connectivity index is 4.04. The molecule has 54 valence electrons. The van der Waals surface area contributed by atoms with Gasteiger partial charge in [-0.15, -0.1) is 0 Å². The Bertz CT molecular complexity index is 121. The number of aliphatic hydroxyl groups excluding tert-OH is 1. The summed E-state index contributed by atoms with van der Waals surface area (Å²) in [7, 11) is 0. The van der Waals surface area contributed by atoms with Crippen molar-refractivity contribution in [1.82, 2.24) is 0 Å². The van der Waals surface area contributed by atoms with Crippen molar-refractivity contribution in [3.8, 4) is 0 Å². The molecule has 0 spiro atoms. The molecule has 0 saturated heterocycles.